The fourth-order valence-electron chi connectivity index (χ4n) is 18.2. The predicted octanol–water partition coefficient (Wildman–Crippen LogP) is 15.6. The highest BCUT2D eigenvalue weighted by molar-refractivity contribution is 6.00. The largest absolute Gasteiger partial charge is 0.507 e. The Morgan fingerprint density at radius 3 is 1.02 bits per heavy atom. The molecule has 0 spiro atoms. The van der Waals surface area contributed by atoms with E-state index in [1.807, 2.05) is 86.0 Å². The lowest BCUT2D eigenvalue weighted by atomic mass is 9.92. The van der Waals surface area contributed by atoms with E-state index in [4.69, 9.17) is 14.2 Å². The van der Waals surface area contributed by atoms with Gasteiger partial charge < -0.3 is 54.0 Å². The lowest BCUT2D eigenvalue weighted by Crippen LogP contribution is -2.62. The zero-order valence-corrected chi connectivity index (χ0v) is 70.9. The summed E-state index contributed by atoms with van der Waals surface area (Å²) in [6.45, 7) is 33.0. The number of aryl methyl sites for hydroxylation is 3. The third kappa shape index (κ3) is 14.6. The highest BCUT2D eigenvalue weighted by Crippen LogP contribution is 2.49. The first kappa shape index (κ1) is 85.0. The van der Waals surface area contributed by atoms with Crippen molar-refractivity contribution in [1.82, 2.24) is 53.4 Å². The molecule has 3 fully saturated rings. The third-order valence-electron chi connectivity index (χ3n) is 24.2. The first-order chi connectivity index (χ1) is 59.7. The first-order valence-corrected chi connectivity index (χ1v) is 41.5. The van der Waals surface area contributed by atoms with Crippen LogP contribution in [0.3, 0.4) is 0 Å². The number of aromatic nitrogens is 9. The SMILES string of the molecule is C=CC(=O)N1C[C@@H]2COc3c(c4cc(F)c(-c5c(O)cccc5F)nc4n(-c4c(C)ccnc4C(C)C)c3=O)N2C[C@H]1C.C=CC(=O)N1C[C@@H]2COc3c(c4cc(F)c(-c5c(O)cccc5F)nc4n(-c4c(C)ccnc4C(C)C)c3=O)N2C[C@H]1C.Cc1ccnc(C(C)C)c1-n1c(=O)c2c(c3cc(F)c(-c4c(O)cccc4F)nc31)N1C[C@@H](C)CC[C@@H]1CO2. The van der Waals surface area contributed by atoms with Crippen LogP contribution in [0.4, 0.5) is 43.4 Å². The van der Waals surface area contributed by atoms with Crippen molar-refractivity contribution in [1.29, 1.82) is 0 Å². The number of phenols is 3. The number of nitrogens with zero attached hydrogens (tertiary/aromatic N) is 14. The molecular formula is C94H92F6N14O11. The van der Waals surface area contributed by atoms with Crippen molar-refractivity contribution in [2.75, 3.05) is 67.2 Å². The molecule has 6 aliphatic rings. The van der Waals surface area contributed by atoms with Crippen molar-refractivity contribution < 1.29 is 65.5 Å². The number of piperazine rings is 2. The topological polar surface area (TPSA) is 282 Å². The number of aromatic hydroxyl groups is 3. The van der Waals surface area contributed by atoms with Crippen molar-refractivity contribution in [3.05, 3.63) is 235 Å². The van der Waals surface area contributed by atoms with Crippen molar-refractivity contribution in [3.63, 3.8) is 0 Å². The zero-order chi connectivity index (χ0) is 89.1. The molecular weight excluding hydrogens is 1620 g/mol. The van der Waals surface area contributed by atoms with Gasteiger partial charge >= 0.3 is 16.7 Å². The molecule has 125 heavy (non-hydrogen) atoms. The van der Waals surface area contributed by atoms with Gasteiger partial charge in [0, 0.05) is 79.6 Å². The first-order valence-electron chi connectivity index (χ1n) is 41.5. The highest BCUT2D eigenvalue weighted by atomic mass is 19.1. The summed E-state index contributed by atoms with van der Waals surface area (Å²) in [5, 5.41) is 32.4. The van der Waals surface area contributed by atoms with Gasteiger partial charge in [0.1, 0.15) is 71.6 Å². The lowest BCUT2D eigenvalue weighted by Gasteiger charge is -2.48. The molecule has 6 aliphatic heterocycles. The van der Waals surface area contributed by atoms with Gasteiger partial charge in [0.2, 0.25) is 29.1 Å². The summed E-state index contributed by atoms with van der Waals surface area (Å²) in [6.07, 6.45) is 9.45. The summed E-state index contributed by atoms with van der Waals surface area (Å²) in [4.78, 5) is 105. The van der Waals surface area contributed by atoms with Gasteiger partial charge in [0.05, 0.1) is 86.0 Å². The van der Waals surface area contributed by atoms with Crippen LogP contribution in [0.5, 0.6) is 34.5 Å². The molecule has 6 atom stereocenters. The number of ether oxygens (including phenoxy) is 3. The van der Waals surface area contributed by atoms with Crippen molar-refractivity contribution in [2.45, 2.75) is 144 Å². The molecule has 12 aromatic rings. The average molecular weight is 1710 g/mol. The number of rotatable bonds is 11. The van der Waals surface area contributed by atoms with Gasteiger partial charge in [-0.3, -0.25) is 52.6 Å². The van der Waals surface area contributed by atoms with Crippen LogP contribution in [0.25, 0.3) is 83.9 Å². The Morgan fingerprint density at radius 1 is 0.424 bits per heavy atom. The normalized spacial score (nSPS) is 18.2. The van der Waals surface area contributed by atoms with E-state index in [1.165, 1.54) is 80.5 Å². The molecule has 0 radical (unpaired) electrons. The van der Waals surface area contributed by atoms with E-state index >= 15 is 22.0 Å². The molecule has 0 saturated carbocycles. The minimum absolute atomic E-state index is 0.0279. The summed E-state index contributed by atoms with van der Waals surface area (Å²) >= 11 is 0. The molecule has 31 heteroatoms. The molecule has 25 nitrogen and oxygen atoms in total. The molecule has 3 aromatic carbocycles. The maximum absolute atomic E-state index is 16.0. The highest BCUT2D eigenvalue weighted by Gasteiger charge is 2.45. The van der Waals surface area contributed by atoms with Crippen LogP contribution >= 0.6 is 0 Å². The van der Waals surface area contributed by atoms with Crippen molar-refractivity contribution in [2.24, 2.45) is 5.92 Å². The Bertz CT molecular complexity index is 6350. The van der Waals surface area contributed by atoms with E-state index in [0.29, 0.717) is 102 Å². The van der Waals surface area contributed by atoms with Crippen molar-refractivity contribution in [3.8, 4) is 85.3 Å². The van der Waals surface area contributed by atoms with Gasteiger partial charge in [-0.15, -0.1) is 0 Å². The van der Waals surface area contributed by atoms with Gasteiger partial charge in [-0.1, -0.05) is 79.8 Å². The number of hydrogen-bond acceptors (Lipinski definition) is 20. The number of carbonyl (C=O) groups is 2. The van der Waals surface area contributed by atoms with Crippen LogP contribution in [0, 0.1) is 61.6 Å². The number of phenolic OH excluding ortho intramolecular Hbond substituents is 3. The molecule has 0 bridgehead atoms. The van der Waals surface area contributed by atoms with Gasteiger partial charge in [-0.05, 0) is 173 Å². The number of carbonyl (C=O) groups excluding carboxylic acids is 2. The molecule has 0 unspecified atom stereocenters. The lowest BCUT2D eigenvalue weighted by molar-refractivity contribution is -0.130. The molecule has 18 rings (SSSR count). The van der Waals surface area contributed by atoms with Crippen LogP contribution in [0.1, 0.15) is 127 Å². The van der Waals surface area contributed by atoms with Gasteiger partial charge in [-0.25, -0.2) is 41.3 Å². The van der Waals surface area contributed by atoms with Gasteiger partial charge in [-0.2, -0.15) is 0 Å². The van der Waals surface area contributed by atoms with Crippen LogP contribution < -0.4 is 45.6 Å². The number of fused-ring (bicyclic) bond motifs is 15. The van der Waals surface area contributed by atoms with E-state index in [-0.39, 0.29) is 129 Å². The maximum Gasteiger partial charge on any atom is 0.301 e. The molecule has 646 valence electrons. The summed E-state index contributed by atoms with van der Waals surface area (Å²) in [7, 11) is 0. The van der Waals surface area contributed by atoms with Crippen LogP contribution in [0.15, 0.2) is 149 Å². The second-order valence-electron chi connectivity index (χ2n) is 33.6. The van der Waals surface area contributed by atoms with E-state index < -0.39 is 91.3 Å². The Labute approximate surface area is 714 Å². The molecule has 9 aromatic heterocycles. The van der Waals surface area contributed by atoms with Crippen molar-refractivity contribution >= 4 is 62.0 Å². The summed E-state index contributed by atoms with van der Waals surface area (Å²) in [5.74, 6) is -6.62. The number of hydrogen-bond donors (Lipinski definition) is 3. The zero-order valence-electron chi connectivity index (χ0n) is 70.9. The number of piperidine rings is 1. The Kier molecular flexibility index (Phi) is 22.6. The minimum atomic E-state index is -0.886. The second kappa shape index (κ2) is 33.2. The molecule has 15 heterocycles. The fourth-order valence-corrected chi connectivity index (χ4v) is 18.2. The van der Waals surface area contributed by atoms with E-state index in [0.717, 1.165) is 47.7 Å². The average Bonchev–Trinajstić information content (AvgIpc) is 0.724. The Balaban J connectivity index is 0.000000139. The molecule has 2 amide bonds. The smallest absolute Gasteiger partial charge is 0.301 e. The number of anilines is 3. The predicted molar refractivity (Wildman–Crippen MR) is 464 cm³/mol. The Morgan fingerprint density at radius 2 is 0.728 bits per heavy atom. The van der Waals surface area contributed by atoms with E-state index in [1.54, 1.807) is 46.6 Å². The quantitative estimate of drug-likeness (QED) is 0.0801. The fraction of sp³-hybridized carbons (Fsp3) is 0.330. The molecule has 3 N–H and O–H groups in total. The van der Waals surface area contributed by atoms with Crippen LogP contribution in [-0.4, -0.2) is 163 Å². The van der Waals surface area contributed by atoms with Gasteiger partial charge in [0.25, 0.3) is 0 Å². The third-order valence-corrected chi connectivity index (χ3v) is 24.2. The van der Waals surface area contributed by atoms with Gasteiger partial charge in [0.15, 0.2) is 34.4 Å². The standard InChI is InChI=1S/2C32H31F2N5O4.C30H30F2N4O3/c2*1-6-24(41)37-14-19-15-43-30-29(38(19)13-18(37)5)20-12-22(34)27(25-21(33)8-7-9-23(25)40)36-31(20)39(32(30)42)28-17(4)10-11-35-26(28)16(2)3;1-15(2)24-26(17(4)10-11-33-24)36-29-19(12-21(32)25(34-29)23-20(31)6-5-7-22(23)37)27-28(30(36)38)39-14-18-9-8-16(3)13-35(18)27/h2*6-12,16,18-19,40H,1,13-15H2,2-5H3;5-7,10-12,15-16,18,37H,8-9,13-14H2,1-4H3/t2*18-,19-;16-,18+/m110/s1. The summed E-state index contributed by atoms with van der Waals surface area (Å²) in [5.41, 5.74) is 3.16. The monoisotopic (exact) mass is 1710 g/mol. The maximum atomic E-state index is 16.0. The Hall–Kier alpha value is -13.6. The second-order valence-corrected chi connectivity index (χ2v) is 33.6. The van der Waals surface area contributed by atoms with E-state index in [9.17, 15) is 43.7 Å². The number of halogens is 6. The number of pyridine rings is 9. The summed E-state index contributed by atoms with van der Waals surface area (Å²) in [6, 6.07) is 19.0. The number of benzene rings is 3. The minimum Gasteiger partial charge on any atom is -0.507 e. The molecule has 0 aliphatic carbocycles. The van der Waals surface area contributed by atoms with Crippen LogP contribution in [0.2, 0.25) is 0 Å². The van der Waals surface area contributed by atoms with Crippen LogP contribution in [-0.2, 0) is 9.59 Å². The number of amides is 2. The van der Waals surface area contributed by atoms with E-state index in [2.05, 4.69) is 54.9 Å². The molecule has 3 saturated heterocycles. The summed E-state index contributed by atoms with van der Waals surface area (Å²) < 4.78 is 115.